The molecular formula is C21H33N5O7. The third-order valence-electron chi connectivity index (χ3n) is 4.79. The zero-order valence-electron chi connectivity index (χ0n) is 18.5. The zero-order chi connectivity index (χ0) is 25.0. The second-order valence-corrected chi connectivity index (χ2v) is 7.66. The van der Waals surface area contributed by atoms with Gasteiger partial charge in [0, 0.05) is 0 Å². The average molecular weight is 468 g/mol. The van der Waals surface area contributed by atoms with E-state index in [1.54, 1.807) is 12.1 Å². The number of phenols is 1. The van der Waals surface area contributed by atoms with Crippen LogP contribution >= 0.6 is 0 Å². The highest BCUT2D eigenvalue weighted by Crippen LogP contribution is 2.11. The van der Waals surface area contributed by atoms with Crippen LogP contribution in [0.5, 0.6) is 5.75 Å². The Labute approximate surface area is 191 Å². The Morgan fingerprint density at radius 1 is 1.00 bits per heavy atom. The first-order chi connectivity index (χ1) is 15.5. The minimum atomic E-state index is -1.40. The van der Waals surface area contributed by atoms with Gasteiger partial charge in [0.15, 0.2) is 0 Å². The Morgan fingerprint density at radius 2 is 1.64 bits per heavy atom. The van der Waals surface area contributed by atoms with Gasteiger partial charge in [-0.3, -0.25) is 19.2 Å². The van der Waals surface area contributed by atoms with Crippen LogP contribution in [0, 0.1) is 0 Å². The highest BCUT2D eigenvalue weighted by Gasteiger charge is 2.31. The summed E-state index contributed by atoms with van der Waals surface area (Å²) >= 11 is 0. The van der Waals surface area contributed by atoms with Crippen LogP contribution in [0.3, 0.4) is 0 Å². The molecule has 3 amide bonds. The number of carboxylic acids is 1. The van der Waals surface area contributed by atoms with Crippen molar-refractivity contribution in [3.8, 4) is 5.75 Å². The van der Waals surface area contributed by atoms with E-state index in [-0.39, 0.29) is 18.6 Å². The van der Waals surface area contributed by atoms with Crippen molar-refractivity contribution in [1.82, 2.24) is 16.0 Å². The molecule has 4 unspecified atom stereocenters. The maximum Gasteiger partial charge on any atom is 0.322 e. The van der Waals surface area contributed by atoms with Crippen LogP contribution in [0.25, 0.3) is 0 Å². The molecule has 1 rings (SSSR count). The number of nitrogens with two attached hydrogens (primary N) is 2. The number of carbonyl (C=O) groups is 4. The van der Waals surface area contributed by atoms with Crippen LogP contribution in [0.1, 0.15) is 31.7 Å². The summed E-state index contributed by atoms with van der Waals surface area (Å²) < 4.78 is 0. The van der Waals surface area contributed by atoms with Crippen LogP contribution < -0.4 is 27.4 Å². The van der Waals surface area contributed by atoms with Gasteiger partial charge >= 0.3 is 5.97 Å². The number of hydrogen-bond donors (Lipinski definition) is 8. The van der Waals surface area contributed by atoms with Crippen LogP contribution in [0.2, 0.25) is 0 Å². The summed E-state index contributed by atoms with van der Waals surface area (Å²) in [6.07, 6.45) is 0.0860. The monoisotopic (exact) mass is 467 g/mol. The molecule has 0 aliphatic heterocycles. The molecule has 0 radical (unpaired) electrons. The molecule has 1 aromatic carbocycles. The van der Waals surface area contributed by atoms with Crippen molar-refractivity contribution in [3.05, 3.63) is 29.8 Å². The molecule has 4 atom stereocenters. The third-order valence-corrected chi connectivity index (χ3v) is 4.79. The van der Waals surface area contributed by atoms with Crippen molar-refractivity contribution in [2.24, 2.45) is 11.5 Å². The summed E-state index contributed by atoms with van der Waals surface area (Å²) in [4.78, 5) is 48.3. The van der Waals surface area contributed by atoms with Crippen LogP contribution in [0.15, 0.2) is 24.3 Å². The van der Waals surface area contributed by atoms with Gasteiger partial charge in [-0.1, -0.05) is 12.1 Å². The fourth-order valence-corrected chi connectivity index (χ4v) is 2.95. The highest BCUT2D eigenvalue weighted by molar-refractivity contribution is 5.94. The second kappa shape index (κ2) is 14.0. The summed E-state index contributed by atoms with van der Waals surface area (Å²) in [6, 6.07) is 2.59. The van der Waals surface area contributed by atoms with Gasteiger partial charge in [0.1, 0.15) is 24.4 Å². The number of aliphatic hydroxyl groups is 1. The Kier molecular flexibility index (Phi) is 11.8. The van der Waals surface area contributed by atoms with Gasteiger partial charge in [0.25, 0.3) is 0 Å². The molecule has 0 bridgehead atoms. The Morgan fingerprint density at radius 3 is 2.18 bits per heavy atom. The largest absolute Gasteiger partial charge is 0.508 e. The molecule has 0 aliphatic rings. The summed E-state index contributed by atoms with van der Waals surface area (Å²) in [7, 11) is 0. The average Bonchev–Trinajstić information content (AvgIpc) is 2.76. The molecule has 12 nitrogen and oxygen atoms in total. The molecule has 0 heterocycles. The molecular weight excluding hydrogens is 434 g/mol. The molecule has 12 heteroatoms. The van der Waals surface area contributed by atoms with Crippen LogP contribution in [0.4, 0.5) is 0 Å². The SMILES string of the molecule is CC(O)C(NC(=O)C(N)Cc1ccc(O)cc1)C(=O)NC(CCCCN)C(=O)NCC(=O)O. The molecule has 184 valence electrons. The van der Waals surface area contributed by atoms with Crippen molar-refractivity contribution in [3.63, 3.8) is 0 Å². The third kappa shape index (κ3) is 10.3. The van der Waals surface area contributed by atoms with Crippen molar-refractivity contribution in [2.45, 2.75) is 56.8 Å². The van der Waals surface area contributed by atoms with Gasteiger partial charge in [-0.25, -0.2) is 0 Å². The lowest BCUT2D eigenvalue weighted by atomic mass is 10.0. The van der Waals surface area contributed by atoms with E-state index in [4.69, 9.17) is 16.6 Å². The standard InChI is InChI=1S/C21H33N5O7/c1-12(27)18(26-19(31)15(23)10-13-5-7-14(28)8-6-13)21(33)25-16(4-2-3-9-22)20(32)24-11-17(29)30/h5-8,12,15-16,18,27-28H,2-4,9-11,22-23H2,1H3,(H,24,32)(H,25,33)(H,26,31)(H,29,30). The van der Waals surface area contributed by atoms with Gasteiger partial charge in [0.05, 0.1) is 12.1 Å². The first kappa shape index (κ1) is 27.8. The number of rotatable bonds is 14. The molecule has 0 saturated heterocycles. The van der Waals surface area contributed by atoms with E-state index >= 15 is 0 Å². The number of unbranched alkanes of at least 4 members (excludes halogenated alkanes) is 1. The molecule has 1 aromatic rings. The van der Waals surface area contributed by atoms with Crippen LogP contribution in [-0.4, -0.2) is 76.3 Å². The zero-order valence-corrected chi connectivity index (χ0v) is 18.5. The number of carbonyl (C=O) groups excluding carboxylic acids is 3. The number of hydrogen-bond acceptors (Lipinski definition) is 8. The summed E-state index contributed by atoms with van der Waals surface area (Å²) in [6.45, 7) is 1.05. The van der Waals surface area contributed by atoms with E-state index in [1.165, 1.54) is 19.1 Å². The lowest BCUT2D eigenvalue weighted by Gasteiger charge is -2.25. The molecule has 0 fully saturated rings. The van der Waals surface area contributed by atoms with Gasteiger partial charge < -0.3 is 42.7 Å². The van der Waals surface area contributed by atoms with Crippen molar-refractivity contribution in [1.29, 1.82) is 0 Å². The van der Waals surface area contributed by atoms with Gasteiger partial charge in [0.2, 0.25) is 17.7 Å². The fraction of sp³-hybridized carbons (Fsp3) is 0.524. The van der Waals surface area contributed by atoms with Crippen molar-refractivity contribution in [2.75, 3.05) is 13.1 Å². The predicted molar refractivity (Wildman–Crippen MR) is 119 cm³/mol. The summed E-state index contributed by atoms with van der Waals surface area (Å²) in [5.41, 5.74) is 12.1. The lowest BCUT2D eigenvalue weighted by Crippen LogP contribution is -2.59. The Bertz CT molecular complexity index is 801. The smallest absolute Gasteiger partial charge is 0.322 e. The van der Waals surface area contributed by atoms with Gasteiger partial charge in [-0.15, -0.1) is 0 Å². The van der Waals surface area contributed by atoms with Gasteiger partial charge in [-0.05, 0) is 56.8 Å². The quantitative estimate of drug-likeness (QED) is 0.141. The van der Waals surface area contributed by atoms with E-state index in [9.17, 15) is 29.4 Å². The number of benzene rings is 1. The second-order valence-electron chi connectivity index (χ2n) is 7.66. The molecule has 0 aliphatic carbocycles. The number of aromatic hydroxyl groups is 1. The normalized spacial score (nSPS) is 14.4. The number of aliphatic carboxylic acids is 1. The van der Waals surface area contributed by atoms with E-state index in [0.29, 0.717) is 24.9 Å². The van der Waals surface area contributed by atoms with Crippen molar-refractivity contribution < 1.29 is 34.5 Å². The first-order valence-corrected chi connectivity index (χ1v) is 10.6. The van der Waals surface area contributed by atoms with Gasteiger partial charge in [-0.2, -0.15) is 0 Å². The molecule has 0 spiro atoms. The highest BCUT2D eigenvalue weighted by atomic mass is 16.4. The van der Waals surface area contributed by atoms with E-state index in [0.717, 1.165) is 0 Å². The number of phenolic OH excluding ortho intramolecular Hbond substituents is 1. The van der Waals surface area contributed by atoms with E-state index in [2.05, 4.69) is 16.0 Å². The molecule has 33 heavy (non-hydrogen) atoms. The topological polar surface area (TPSA) is 217 Å². The Hall–Kier alpha value is -3.22. The number of amides is 3. The fourth-order valence-electron chi connectivity index (χ4n) is 2.95. The van der Waals surface area contributed by atoms with E-state index < -0.39 is 54.5 Å². The summed E-state index contributed by atoms with van der Waals surface area (Å²) in [5.74, 6) is -3.40. The number of nitrogens with one attached hydrogen (secondary N) is 3. The minimum Gasteiger partial charge on any atom is -0.508 e. The number of carboxylic acid groups (broad SMARTS) is 1. The first-order valence-electron chi connectivity index (χ1n) is 10.6. The number of aliphatic hydroxyl groups excluding tert-OH is 1. The van der Waals surface area contributed by atoms with Crippen molar-refractivity contribution >= 4 is 23.7 Å². The lowest BCUT2D eigenvalue weighted by molar-refractivity contribution is -0.138. The van der Waals surface area contributed by atoms with Crippen LogP contribution in [-0.2, 0) is 25.6 Å². The minimum absolute atomic E-state index is 0.0658. The summed E-state index contributed by atoms with van der Waals surface area (Å²) in [5, 5.41) is 35.2. The molecule has 10 N–H and O–H groups in total. The predicted octanol–water partition coefficient (Wildman–Crippen LogP) is -2.06. The Balaban J connectivity index is 2.81. The maximum absolute atomic E-state index is 12.7. The maximum atomic E-state index is 12.7. The molecule has 0 saturated carbocycles. The molecule has 0 aromatic heterocycles. The van der Waals surface area contributed by atoms with E-state index in [1.807, 2.05) is 0 Å².